The van der Waals surface area contributed by atoms with E-state index in [1.807, 2.05) is 0 Å². The average molecular weight is 198 g/mol. The maximum atomic E-state index is 13.1. The van der Waals surface area contributed by atoms with Crippen LogP contribution in [0.5, 0.6) is 5.75 Å². The van der Waals surface area contributed by atoms with Gasteiger partial charge in [-0.3, -0.25) is 4.79 Å². The van der Waals surface area contributed by atoms with Crippen molar-refractivity contribution in [2.45, 2.75) is 13.3 Å². The van der Waals surface area contributed by atoms with Gasteiger partial charge in [0.15, 0.2) is 0 Å². The molecule has 0 aromatic heterocycles. The number of hydrogen-bond acceptors (Lipinski definition) is 3. The van der Waals surface area contributed by atoms with Crippen LogP contribution in [0.2, 0.25) is 0 Å². The van der Waals surface area contributed by atoms with Crippen LogP contribution in [0.1, 0.15) is 12.5 Å². The molecule has 0 aliphatic rings. The Kier molecular flexibility index (Phi) is 3.45. The molecule has 0 saturated heterocycles. The number of phenols is 1. The first-order valence-electron chi connectivity index (χ1n) is 4.26. The number of aromatic hydroxyl groups is 1. The molecule has 0 amide bonds. The summed E-state index contributed by atoms with van der Waals surface area (Å²) in [5, 5.41) is 9.06. The van der Waals surface area contributed by atoms with Gasteiger partial charge in [-0.2, -0.15) is 0 Å². The number of benzene rings is 1. The van der Waals surface area contributed by atoms with E-state index in [2.05, 4.69) is 4.74 Å². The van der Waals surface area contributed by atoms with Crippen molar-refractivity contribution in [1.82, 2.24) is 0 Å². The molecule has 0 heterocycles. The van der Waals surface area contributed by atoms with Crippen molar-refractivity contribution in [1.29, 1.82) is 0 Å². The lowest BCUT2D eigenvalue weighted by atomic mass is 10.1. The molecule has 0 fully saturated rings. The molecule has 1 aromatic carbocycles. The van der Waals surface area contributed by atoms with Crippen molar-refractivity contribution in [3.05, 3.63) is 29.6 Å². The van der Waals surface area contributed by atoms with Crippen LogP contribution in [0.15, 0.2) is 18.2 Å². The quantitative estimate of drug-likeness (QED) is 0.751. The van der Waals surface area contributed by atoms with Gasteiger partial charge in [-0.15, -0.1) is 0 Å². The Bertz CT molecular complexity index is 336. The van der Waals surface area contributed by atoms with Gasteiger partial charge in [0.05, 0.1) is 13.0 Å². The highest BCUT2D eigenvalue weighted by atomic mass is 19.1. The van der Waals surface area contributed by atoms with Crippen molar-refractivity contribution >= 4 is 5.97 Å². The Hall–Kier alpha value is -1.58. The number of carbonyl (C=O) groups excluding carboxylic acids is 1. The van der Waals surface area contributed by atoms with Crippen LogP contribution in [0.4, 0.5) is 4.39 Å². The standard InChI is InChI=1S/C10H11FO3/c1-2-14-10(13)6-7-5-8(12)3-4-9(7)11/h3-5,12H,2,6H2,1H3. The van der Waals surface area contributed by atoms with Gasteiger partial charge in [0.25, 0.3) is 0 Å². The summed E-state index contributed by atoms with van der Waals surface area (Å²) < 4.78 is 17.7. The second-order valence-corrected chi connectivity index (χ2v) is 2.76. The first-order valence-corrected chi connectivity index (χ1v) is 4.26. The molecular weight excluding hydrogens is 187 g/mol. The zero-order valence-electron chi connectivity index (χ0n) is 7.79. The van der Waals surface area contributed by atoms with Crippen molar-refractivity contribution in [3.63, 3.8) is 0 Å². The molecule has 0 radical (unpaired) electrons. The lowest BCUT2D eigenvalue weighted by Gasteiger charge is -2.03. The summed E-state index contributed by atoms with van der Waals surface area (Å²) in [5.41, 5.74) is 0.142. The Morgan fingerprint density at radius 2 is 2.29 bits per heavy atom. The number of carbonyl (C=O) groups is 1. The SMILES string of the molecule is CCOC(=O)Cc1cc(O)ccc1F. The molecule has 0 saturated carbocycles. The highest BCUT2D eigenvalue weighted by molar-refractivity contribution is 5.72. The average Bonchev–Trinajstić information content (AvgIpc) is 2.12. The summed E-state index contributed by atoms with van der Waals surface area (Å²) in [5.74, 6) is -1.08. The molecule has 1 N–H and O–H groups in total. The first kappa shape index (κ1) is 10.5. The molecule has 0 aliphatic heterocycles. The van der Waals surface area contributed by atoms with Gasteiger partial charge in [0.1, 0.15) is 11.6 Å². The van der Waals surface area contributed by atoms with Gasteiger partial charge in [-0.1, -0.05) is 0 Å². The lowest BCUT2D eigenvalue weighted by Crippen LogP contribution is -2.08. The normalized spacial score (nSPS) is 9.86. The van der Waals surface area contributed by atoms with E-state index in [4.69, 9.17) is 5.11 Å². The van der Waals surface area contributed by atoms with Crippen molar-refractivity contribution in [3.8, 4) is 5.75 Å². The number of halogens is 1. The summed E-state index contributed by atoms with van der Waals surface area (Å²) in [6.07, 6.45) is -0.159. The monoisotopic (exact) mass is 198 g/mol. The summed E-state index contributed by atoms with van der Waals surface area (Å²) in [6.45, 7) is 1.94. The van der Waals surface area contributed by atoms with E-state index in [1.54, 1.807) is 6.92 Å². The van der Waals surface area contributed by atoms with Crippen LogP contribution in [-0.4, -0.2) is 17.7 Å². The molecule has 4 heteroatoms. The number of rotatable bonds is 3. The van der Waals surface area contributed by atoms with Crippen molar-refractivity contribution < 1.29 is 19.0 Å². The van der Waals surface area contributed by atoms with E-state index in [1.165, 1.54) is 12.1 Å². The Morgan fingerprint density at radius 3 is 2.93 bits per heavy atom. The highest BCUT2D eigenvalue weighted by Gasteiger charge is 2.09. The molecule has 0 atom stereocenters. The number of ether oxygens (including phenoxy) is 1. The predicted molar refractivity (Wildman–Crippen MR) is 48.4 cm³/mol. The summed E-state index contributed by atoms with van der Waals surface area (Å²) in [7, 11) is 0. The summed E-state index contributed by atoms with van der Waals surface area (Å²) in [6, 6.07) is 3.56. The fraction of sp³-hybridized carbons (Fsp3) is 0.300. The first-order chi connectivity index (χ1) is 6.63. The van der Waals surface area contributed by atoms with Gasteiger partial charge >= 0.3 is 5.97 Å². The lowest BCUT2D eigenvalue weighted by molar-refractivity contribution is -0.142. The van der Waals surface area contributed by atoms with Gasteiger partial charge in [-0.25, -0.2) is 4.39 Å². The topological polar surface area (TPSA) is 46.5 Å². The molecule has 1 aromatic rings. The smallest absolute Gasteiger partial charge is 0.310 e. The summed E-state index contributed by atoms with van der Waals surface area (Å²) in [4.78, 5) is 11.0. The minimum atomic E-state index is -0.518. The number of esters is 1. The van der Waals surface area contributed by atoms with Crippen LogP contribution in [0.25, 0.3) is 0 Å². The van der Waals surface area contributed by atoms with Gasteiger partial charge < -0.3 is 9.84 Å². The van der Waals surface area contributed by atoms with Crippen molar-refractivity contribution in [2.24, 2.45) is 0 Å². The second-order valence-electron chi connectivity index (χ2n) is 2.76. The Balaban J connectivity index is 2.75. The maximum Gasteiger partial charge on any atom is 0.310 e. The molecule has 0 aliphatic carbocycles. The van der Waals surface area contributed by atoms with Crippen LogP contribution >= 0.6 is 0 Å². The van der Waals surface area contributed by atoms with Crippen LogP contribution in [0.3, 0.4) is 0 Å². The molecule has 0 unspecified atom stereocenters. The number of hydrogen-bond donors (Lipinski definition) is 1. The molecular formula is C10H11FO3. The minimum absolute atomic E-state index is 0.0642. The molecule has 0 spiro atoms. The molecule has 0 bridgehead atoms. The van der Waals surface area contributed by atoms with Crippen LogP contribution in [0, 0.1) is 5.82 Å². The zero-order valence-corrected chi connectivity index (χ0v) is 7.79. The Labute approximate surface area is 81.1 Å². The van der Waals surface area contributed by atoms with E-state index < -0.39 is 11.8 Å². The molecule has 14 heavy (non-hydrogen) atoms. The van der Waals surface area contributed by atoms with Crippen LogP contribution < -0.4 is 0 Å². The zero-order chi connectivity index (χ0) is 10.6. The third kappa shape index (κ3) is 2.73. The second kappa shape index (κ2) is 4.60. The van der Waals surface area contributed by atoms with E-state index in [0.717, 1.165) is 6.07 Å². The van der Waals surface area contributed by atoms with E-state index in [-0.39, 0.29) is 24.3 Å². The molecule has 3 nitrogen and oxygen atoms in total. The Morgan fingerprint density at radius 1 is 1.57 bits per heavy atom. The highest BCUT2D eigenvalue weighted by Crippen LogP contribution is 2.15. The van der Waals surface area contributed by atoms with E-state index >= 15 is 0 Å². The van der Waals surface area contributed by atoms with E-state index in [0.29, 0.717) is 0 Å². The van der Waals surface area contributed by atoms with Gasteiger partial charge in [-0.05, 0) is 25.1 Å². The largest absolute Gasteiger partial charge is 0.508 e. The van der Waals surface area contributed by atoms with Crippen molar-refractivity contribution in [2.75, 3.05) is 6.61 Å². The fourth-order valence-electron chi connectivity index (χ4n) is 1.06. The van der Waals surface area contributed by atoms with Gasteiger partial charge in [0, 0.05) is 5.56 Å². The third-order valence-corrected chi connectivity index (χ3v) is 1.67. The molecule has 1 rings (SSSR count). The third-order valence-electron chi connectivity index (χ3n) is 1.67. The van der Waals surface area contributed by atoms with Gasteiger partial charge in [0.2, 0.25) is 0 Å². The predicted octanol–water partition coefficient (Wildman–Crippen LogP) is 1.64. The maximum absolute atomic E-state index is 13.1. The minimum Gasteiger partial charge on any atom is -0.508 e. The fourth-order valence-corrected chi connectivity index (χ4v) is 1.06. The van der Waals surface area contributed by atoms with E-state index in [9.17, 15) is 9.18 Å². The number of phenolic OH excluding ortho intramolecular Hbond substituents is 1. The molecule has 76 valence electrons. The van der Waals surface area contributed by atoms with Crippen LogP contribution in [-0.2, 0) is 16.0 Å². The summed E-state index contributed by atoms with van der Waals surface area (Å²) >= 11 is 0.